The van der Waals surface area contributed by atoms with E-state index in [0.717, 1.165) is 26.7 Å². The van der Waals surface area contributed by atoms with Gasteiger partial charge in [-0.25, -0.2) is 4.98 Å². The number of anilines is 1. The number of fused-ring (bicyclic) bond motifs is 1. The summed E-state index contributed by atoms with van der Waals surface area (Å²) in [5.74, 6) is 0.175. The summed E-state index contributed by atoms with van der Waals surface area (Å²) < 4.78 is 1.80. The van der Waals surface area contributed by atoms with Crippen LogP contribution in [0.3, 0.4) is 0 Å². The molecule has 7 heteroatoms. The average Bonchev–Trinajstić information content (AvgIpc) is 3.21. The van der Waals surface area contributed by atoms with Crippen LogP contribution in [-0.2, 0) is 11.2 Å². The smallest absolute Gasteiger partial charge is 0.255 e. The lowest BCUT2D eigenvalue weighted by Gasteiger charge is -2.04. The number of hydrogen-bond acceptors (Lipinski definition) is 5. The number of benzene rings is 3. The van der Waals surface area contributed by atoms with E-state index in [1.807, 2.05) is 54.6 Å². The quantitative estimate of drug-likeness (QED) is 0.373. The minimum Gasteiger partial charge on any atom is -0.355 e. The van der Waals surface area contributed by atoms with Gasteiger partial charge in [-0.3, -0.25) is 9.59 Å². The molecule has 0 aliphatic carbocycles. The maximum absolute atomic E-state index is 12.3. The van der Waals surface area contributed by atoms with E-state index in [1.165, 1.54) is 28.7 Å². The molecule has 0 bridgehead atoms. The van der Waals surface area contributed by atoms with E-state index < -0.39 is 0 Å². The fourth-order valence-electron chi connectivity index (χ4n) is 3.01. The van der Waals surface area contributed by atoms with Gasteiger partial charge in [0.05, 0.1) is 16.0 Å². The van der Waals surface area contributed by atoms with E-state index in [0.29, 0.717) is 17.9 Å². The molecule has 0 aliphatic rings. The Balaban J connectivity index is 1.29. The molecule has 5 nitrogen and oxygen atoms in total. The number of carbonyl (C=O) groups is 2. The number of aromatic nitrogens is 1. The maximum atomic E-state index is 12.3. The molecule has 0 aliphatic heterocycles. The van der Waals surface area contributed by atoms with Gasteiger partial charge in [-0.2, -0.15) is 0 Å². The van der Waals surface area contributed by atoms with E-state index in [-0.39, 0.29) is 11.8 Å². The Hall–Kier alpha value is -3.16. The van der Waals surface area contributed by atoms with Crippen molar-refractivity contribution in [1.82, 2.24) is 10.3 Å². The van der Waals surface area contributed by atoms with Crippen LogP contribution in [0.25, 0.3) is 10.2 Å². The van der Waals surface area contributed by atoms with Crippen LogP contribution in [-0.4, -0.2) is 29.1 Å². The second kappa shape index (κ2) is 10.2. The summed E-state index contributed by atoms with van der Waals surface area (Å²) in [6, 6.07) is 24.8. The molecular formula is C24H21N3O2S2. The van der Waals surface area contributed by atoms with Gasteiger partial charge in [0.1, 0.15) is 0 Å². The number of nitrogens with one attached hydrogen (secondary N) is 2. The van der Waals surface area contributed by atoms with Crippen LogP contribution in [0, 0.1) is 0 Å². The normalized spacial score (nSPS) is 10.7. The molecule has 0 spiro atoms. The molecule has 4 rings (SSSR count). The number of amides is 2. The third kappa shape index (κ3) is 5.93. The molecule has 0 unspecified atom stereocenters. The predicted molar refractivity (Wildman–Crippen MR) is 128 cm³/mol. The van der Waals surface area contributed by atoms with Gasteiger partial charge in [-0.1, -0.05) is 60.3 Å². The van der Waals surface area contributed by atoms with Gasteiger partial charge in [-0.15, -0.1) is 11.3 Å². The van der Waals surface area contributed by atoms with E-state index in [1.54, 1.807) is 12.1 Å². The maximum Gasteiger partial charge on any atom is 0.255 e. The lowest BCUT2D eigenvalue weighted by atomic mass is 10.1. The standard InChI is InChI=1S/C24H21N3O2S2/c28-22(25-14-13-17-7-3-1-4-8-17)16-30-24-27-20-12-11-19(15-21(20)31-24)26-23(29)18-9-5-2-6-10-18/h1-12,15H,13-14,16H2,(H,25,28)(H,26,29). The number of rotatable bonds is 8. The van der Waals surface area contributed by atoms with Crippen molar-refractivity contribution in [3.05, 3.63) is 90.0 Å². The predicted octanol–water partition coefficient (Wildman–Crippen LogP) is 5.00. The summed E-state index contributed by atoms with van der Waals surface area (Å²) in [5, 5.41) is 5.87. The molecule has 0 atom stereocenters. The van der Waals surface area contributed by atoms with E-state index in [9.17, 15) is 9.59 Å². The first-order valence-electron chi connectivity index (χ1n) is 9.88. The Morgan fingerprint density at radius 1 is 0.935 bits per heavy atom. The number of carbonyl (C=O) groups excluding carboxylic acids is 2. The Morgan fingerprint density at radius 3 is 2.45 bits per heavy atom. The van der Waals surface area contributed by atoms with Crippen molar-refractivity contribution in [2.24, 2.45) is 0 Å². The van der Waals surface area contributed by atoms with Crippen molar-refractivity contribution < 1.29 is 9.59 Å². The Kier molecular flexibility index (Phi) is 6.96. The van der Waals surface area contributed by atoms with Gasteiger partial charge in [0.15, 0.2) is 4.34 Å². The highest BCUT2D eigenvalue weighted by molar-refractivity contribution is 8.01. The van der Waals surface area contributed by atoms with Gasteiger partial charge in [0, 0.05) is 17.8 Å². The zero-order valence-corrected chi connectivity index (χ0v) is 18.3. The highest BCUT2D eigenvalue weighted by Gasteiger charge is 2.10. The molecule has 1 heterocycles. The Labute approximate surface area is 188 Å². The molecule has 2 amide bonds. The van der Waals surface area contributed by atoms with Crippen LogP contribution in [0.15, 0.2) is 83.2 Å². The fourth-order valence-corrected chi connectivity index (χ4v) is 4.94. The summed E-state index contributed by atoms with van der Waals surface area (Å²) in [4.78, 5) is 29.0. The van der Waals surface area contributed by atoms with Crippen LogP contribution in [0.4, 0.5) is 5.69 Å². The third-order valence-electron chi connectivity index (χ3n) is 4.57. The van der Waals surface area contributed by atoms with Crippen LogP contribution in [0.1, 0.15) is 15.9 Å². The summed E-state index contributed by atoms with van der Waals surface area (Å²) >= 11 is 2.94. The highest BCUT2D eigenvalue weighted by atomic mass is 32.2. The number of thiazole rings is 1. The van der Waals surface area contributed by atoms with Crippen molar-refractivity contribution in [2.45, 2.75) is 10.8 Å². The van der Waals surface area contributed by atoms with Gasteiger partial charge < -0.3 is 10.6 Å². The summed E-state index contributed by atoms with van der Waals surface area (Å²) in [6.07, 6.45) is 0.815. The molecular weight excluding hydrogens is 426 g/mol. The van der Waals surface area contributed by atoms with Gasteiger partial charge >= 0.3 is 0 Å². The molecule has 2 N–H and O–H groups in total. The summed E-state index contributed by atoms with van der Waals surface area (Å²) in [6.45, 7) is 0.619. The fraction of sp³-hybridized carbons (Fsp3) is 0.125. The van der Waals surface area contributed by atoms with Crippen molar-refractivity contribution >= 4 is 50.8 Å². The monoisotopic (exact) mass is 447 g/mol. The summed E-state index contributed by atoms with van der Waals surface area (Å²) in [7, 11) is 0. The van der Waals surface area contributed by atoms with Crippen LogP contribution >= 0.6 is 23.1 Å². The van der Waals surface area contributed by atoms with Crippen LogP contribution in [0.5, 0.6) is 0 Å². The second-order valence-corrected chi connectivity index (χ2v) is 9.11. The number of hydrogen-bond donors (Lipinski definition) is 2. The average molecular weight is 448 g/mol. The third-order valence-corrected chi connectivity index (χ3v) is 6.73. The van der Waals surface area contributed by atoms with E-state index in [2.05, 4.69) is 27.8 Å². The van der Waals surface area contributed by atoms with E-state index >= 15 is 0 Å². The van der Waals surface area contributed by atoms with Crippen LogP contribution < -0.4 is 10.6 Å². The van der Waals surface area contributed by atoms with Gasteiger partial charge in [0.2, 0.25) is 5.91 Å². The van der Waals surface area contributed by atoms with Crippen LogP contribution in [0.2, 0.25) is 0 Å². The minimum absolute atomic E-state index is 0.00370. The molecule has 156 valence electrons. The first kappa shape index (κ1) is 21.1. The SMILES string of the molecule is O=C(CSc1nc2ccc(NC(=O)c3ccccc3)cc2s1)NCCc1ccccc1. The zero-order valence-electron chi connectivity index (χ0n) is 16.7. The molecule has 0 fully saturated rings. The largest absolute Gasteiger partial charge is 0.355 e. The van der Waals surface area contributed by atoms with Crippen molar-refractivity contribution in [2.75, 3.05) is 17.6 Å². The Morgan fingerprint density at radius 2 is 1.68 bits per heavy atom. The van der Waals surface area contributed by atoms with Gasteiger partial charge in [0.25, 0.3) is 5.91 Å². The Bertz CT molecular complexity index is 1180. The van der Waals surface area contributed by atoms with Gasteiger partial charge in [-0.05, 0) is 42.3 Å². The number of nitrogens with zero attached hydrogens (tertiary/aromatic N) is 1. The topological polar surface area (TPSA) is 71.1 Å². The molecule has 31 heavy (non-hydrogen) atoms. The second-order valence-electron chi connectivity index (χ2n) is 6.86. The zero-order chi connectivity index (χ0) is 21.5. The van der Waals surface area contributed by atoms with Crippen molar-refractivity contribution in [1.29, 1.82) is 0 Å². The molecule has 3 aromatic carbocycles. The lowest BCUT2D eigenvalue weighted by molar-refractivity contribution is -0.118. The lowest BCUT2D eigenvalue weighted by Crippen LogP contribution is -2.27. The minimum atomic E-state index is -0.147. The molecule has 0 saturated heterocycles. The first-order valence-corrected chi connectivity index (χ1v) is 11.7. The first-order chi connectivity index (χ1) is 15.2. The molecule has 0 radical (unpaired) electrons. The van der Waals surface area contributed by atoms with Crippen molar-refractivity contribution in [3.63, 3.8) is 0 Å². The van der Waals surface area contributed by atoms with E-state index in [4.69, 9.17) is 0 Å². The molecule has 0 saturated carbocycles. The summed E-state index contributed by atoms with van der Waals surface area (Å²) in [5.41, 5.74) is 3.40. The molecule has 4 aromatic rings. The highest BCUT2D eigenvalue weighted by Crippen LogP contribution is 2.31. The molecule has 1 aromatic heterocycles. The number of thioether (sulfide) groups is 1. The van der Waals surface area contributed by atoms with Crippen molar-refractivity contribution in [3.8, 4) is 0 Å².